The second kappa shape index (κ2) is 1.51. The van der Waals surface area contributed by atoms with Gasteiger partial charge in [-0.3, -0.25) is 0 Å². The molecule has 0 aromatic carbocycles. The highest BCUT2D eigenvalue weighted by Gasteiger charge is 2.71. The van der Waals surface area contributed by atoms with Gasteiger partial charge in [-0.15, -0.1) is 0 Å². The molecule has 4 N–H and O–H groups in total. The average Bonchev–Trinajstić information content (AvgIpc) is 1.48. The van der Waals surface area contributed by atoms with Crippen molar-refractivity contribution in [3.8, 4) is 0 Å². The van der Waals surface area contributed by atoms with Gasteiger partial charge in [0.05, 0.1) is 0 Å². The molecule has 3 saturated heterocycles. The fourth-order valence-electron chi connectivity index (χ4n) is 0.700. The van der Waals surface area contributed by atoms with Crippen LogP contribution < -0.4 is 5.32 Å². The van der Waals surface area contributed by atoms with Gasteiger partial charge in [0.2, 0.25) is 0 Å². The molecule has 0 atom stereocenters. The van der Waals surface area contributed by atoms with E-state index in [1.165, 1.54) is 0 Å². The van der Waals surface area contributed by atoms with Gasteiger partial charge in [-0.2, -0.15) is 5.32 Å². The predicted octanol–water partition coefficient (Wildman–Crippen LogP) is -3.16. The van der Waals surface area contributed by atoms with Crippen molar-refractivity contribution in [3.05, 3.63) is 0 Å². The summed E-state index contributed by atoms with van der Waals surface area (Å²) in [6, 6.07) is 0. The third-order valence-electron chi connectivity index (χ3n) is 1.07. The lowest BCUT2D eigenvalue weighted by molar-refractivity contribution is -0.516. The Hall–Kier alpha value is -0.215. The van der Waals surface area contributed by atoms with Crippen LogP contribution in [0.1, 0.15) is 0 Å². The van der Waals surface area contributed by atoms with Gasteiger partial charge >= 0.3 is 19.5 Å². The van der Waals surface area contributed by atoms with E-state index in [-0.39, 0.29) is 0 Å². The zero-order valence-corrected chi connectivity index (χ0v) is 4.64. The van der Waals surface area contributed by atoms with E-state index in [2.05, 4.69) is 14.0 Å². The zero-order chi connectivity index (χ0) is 7.41. The van der Waals surface area contributed by atoms with E-state index >= 15 is 0 Å². The predicted molar refractivity (Wildman–Crippen MR) is 24.3 cm³/mol. The molecule has 2 bridgehead atoms. The molecular weight excluding hydrogens is 145 g/mol. The molecule has 0 radical (unpaired) electrons. The van der Waals surface area contributed by atoms with E-state index in [0.717, 1.165) is 0 Å². The van der Waals surface area contributed by atoms with E-state index < -0.39 is 19.5 Å². The maximum Gasteiger partial charge on any atom is 0.654 e. The lowest BCUT2D eigenvalue weighted by Gasteiger charge is -2.55. The Morgan fingerprint density at radius 3 is 1.80 bits per heavy atom. The highest BCUT2D eigenvalue weighted by atomic mass is 17.1. The van der Waals surface area contributed by atoms with Crippen molar-refractivity contribution in [1.82, 2.24) is 5.32 Å². The average molecular weight is 149 g/mol. The molecule has 0 aromatic rings. The van der Waals surface area contributed by atoms with Gasteiger partial charge in [0.1, 0.15) is 0 Å². The second-order valence-corrected chi connectivity index (χ2v) is 1.96. The minimum Gasteiger partial charge on any atom is -0.330 e. The fraction of sp³-hybridized carbons (Fsp3) is 1.00. The third-order valence-corrected chi connectivity index (χ3v) is 1.07. The first-order valence-corrected chi connectivity index (χ1v) is 2.49. The van der Waals surface area contributed by atoms with Crippen LogP contribution in [0.3, 0.4) is 0 Å². The molecule has 3 heterocycles. The van der Waals surface area contributed by atoms with Crippen LogP contribution in [0.15, 0.2) is 0 Å². The van der Waals surface area contributed by atoms with Gasteiger partial charge in [0.25, 0.3) is 0 Å². The number of rotatable bonds is 2. The lowest BCUT2D eigenvalue weighted by atomic mass is 10.1. The van der Waals surface area contributed by atoms with Crippen molar-refractivity contribution in [2.45, 2.75) is 12.2 Å². The second-order valence-electron chi connectivity index (χ2n) is 1.96. The summed E-state index contributed by atoms with van der Waals surface area (Å²) in [6.45, 7) is 0. The maximum absolute atomic E-state index is 8.30. The Bertz CT molecular complexity index is 149. The molecule has 3 rings (SSSR count). The van der Waals surface area contributed by atoms with Crippen molar-refractivity contribution in [2.24, 2.45) is 0 Å². The molecule has 0 saturated carbocycles. The van der Waals surface area contributed by atoms with Crippen LogP contribution in [-0.4, -0.2) is 34.8 Å². The first kappa shape index (κ1) is 6.49. The zero-order valence-electron chi connectivity index (χ0n) is 4.64. The van der Waals surface area contributed by atoms with Crippen LogP contribution in [-0.2, 0) is 14.0 Å². The Morgan fingerprint density at radius 1 is 1.20 bits per heavy atom. The van der Waals surface area contributed by atoms with Crippen molar-refractivity contribution in [2.75, 3.05) is 0 Å². The first-order chi connectivity index (χ1) is 4.49. The van der Waals surface area contributed by atoms with Crippen LogP contribution >= 0.6 is 0 Å². The minimum absolute atomic E-state index is 0.741. The number of nitrogens with one attached hydrogen (secondary N) is 1. The Morgan fingerprint density at radius 2 is 1.70 bits per heavy atom. The van der Waals surface area contributed by atoms with Gasteiger partial charge in [-0.1, -0.05) is 0 Å². The van der Waals surface area contributed by atoms with Gasteiger partial charge < -0.3 is 29.3 Å². The van der Waals surface area contributed by atoms with Crippen LogP contribution in [0.25, 0.3) is 0 Å². The molecule has 0 unspecified atom stereocenters. The molecule has 0 aromatic heterocycles. The Kier molecular flexibility index (Phi) is 0.980. The highest BCUT2D eigenvalue weighted by molar-refractivity contribution is 6.43. The summed E-state index contributed by atoms with van der Waals surface area (Å²) in [6.07, 6.45) is -4.70. The molecule has 0 aliphatic carbocycles. The smallest absolute Gasteiger partial charge is 0.330 e. The monoisotopic (exact) mass is 149 g/mol. The first-order valence-electron chi connectivity index (χ1n) is 2.49. The quantitative estimate of drug-likeness (QED) is 0.242. The molecule has 8 heteroatoms. The van der Waals surface area contributed by atoms with Crippen LogP contribution in [0.5, 0.6) is 0 Å². The number of hydrogen-bond donors (Lipinski definition) is 4. The van der Waals surface area contributed by atoms with E-state index in [4.69, 9.17) is 15.3 Å². The maximum atomic E-state index is 8.30. The van der Waals surface area contributed by atoms with Gasteiger partial charge in [-0.05, 0) is 0 Å². The van der Waals surface area contributed by atoms with Crippen molar-refractivity contribution in [3.63, 3.8) is 0 Å². The Labute approximate surface area is 55.3 Å². The molecular formula is C2H4BNO6. The molecule has 3 aliphatic heterocycles. The highest BCUT2D eigenvalue weighted by Crippen LogP contribution is 2.39. The summed E-state index contributed by atoms with van der Waals surface area (Å²) >= 11 is 0. The molecule has 0 spiro atoms. The minimum atomic E-state index is -3.05. The molecule has 7 nitrogen and oxygen atoms in total. The van der Waals surface area contributed by atoms with Crippen LogP contribution in [0.2, 0.25) is 0 Å². The van der Waals surface area contributed by atoms with E-state index in [9.17, 15) is 0 Å². The molecule has 3 aliphatic rings. The van der Waals surface area contributed by atoms with Gasteiger partial charge in [-0.25, -0.2) is 0 Å². The normalized spacial score (nSPS) is 27.3. The standard InChI is InChI=1S/C2H4BNO6/c5-1(6,7)4-2-8-3(9-2)10-2/h4-7H. The van der Waals surface area contributed by atoms with Crippen molar-refractivity contribution >= 4 is 7.32 Å². The Balaban J connectivity index is 1.90. The van der Waals surface area contributed by atoms with Crippen molar-refractivity contribution in [1.29, 1.82) is 0 Å². The molecule has 56 valence electrons. The topological polar surface area (TPSA) is 100 Å². The largest absolute Gasteiger partial charge is 0.654 e. The number of hydrogen-bond acceptors (Lipinski definition) is 7. The number of aliphatic hydroxyl groups is 3. The van der Waals surface area contributed by atoms with E-state index in [1.54, 1.807) is 5.32 Å². The van der Waals surface area contributed by atoms with E-state index in [1.807, 2.05) is 0 Å². The van der Waals surface area contributed by atoms with E-state index in [0.29, 0.717) is 0 Å². The summed E-state index contributed by atoms with van der Waals surface area (Å²) in [5.74, 6) is 0. The lowest BCUT2D eigenvalue weighted by Crippen LogP contribution is -2.84. The third kappa shape index (κ3) is 0.830. The molecule has 10 heavy (non-hydrogen) atoms. The summed E-state index contributed by atoms with van der Waals surface area (Å²) in [5.41, 5.74) is 0. The summed E-state index contributed by atoms with van der Waals surface area (Å²) in [4.78, 5) is 0. The van der Waals surface area contributed by atoms with Gasteiger partial charge in [0, 0.05) is 0 Å². The van der Waals surface area contributed by atoms with Crippen LogP contribution in [0.4, 0.5) is 0 Å². The summed E-state index contributed by atoms with van der Waals surface area (Å²) in [7, 11) is -0.741. The van der Waals surface area contributed by atoms with Gasteiger partial charge in [0.15, 0.2) is 0 Å². The SMILES string of the molecule is OC(O)(O)NC12OB(O1)O2. The summed E-state index contributed by atoms with van der Waals surface area (Å²) in [5, 5.41) is 26.6. The summed E-state index contributed by atoms with van der Waals surface area (Å²) < 4.78 is 13.7. The van der Waals surface area contributed by atoms with Crippen molar-refractivity contribution < 1.29 is 29.3 Å². The van der Waals surface area contributed by atoms with Crippen LogP contribution in [0, 0.1) is 0 Å². The molecule has 0 amide bonds. The molecule has 3 fully saturated rings. The fourth-order valence-corrected chi connectivity index (χ4v) is 0.700.